The normalized spacial score (nSPS) is 11.7. The second-order valence-corrected chi connectivity index (χ2v) is 4.14. The molecule has 0 spiro atoms. The molecule has 1 aliphatic rings. The Balaban J connectivity index is 2.33. The van der Waals surface area contributed by atoms with E-state index in [0.717, 1.165) is 22.5 Å². The van der Waals surface area contributed by atoms with Crippen LogP contribution in [0.15, 0.2) is 48.5 Å². The quantitative estimate of drug-likeness (QED) is 0.640. The zero-order valence-corrected chi connectivity index (χ0v) is 9.97. The molecule has 0 saturated carbocycles. The van der Waals surface area contributed by atoms with E-state index in [-0.39, 0.29) is 5.91 Å². The fourth-order valence-electron chi connectivity index (χ4n) is 2.15. The molecule has 1 amide bonds. The van der Waals surface area contributed by atoms with Crippen LogP contribution >= 0.6 is 0 Å². The smallest absolute Gasteiger partial charge is 0.228 e. The number of nitrogens with zero attached hydrogens (tertiary/aromatic N) is 1. The summed E-state index contributed by atoms with van der Waals surface area (Å²) in [6.45, 7) is 1.57. The standard InChI is InChI=1S/C16H11NO/c1-12(18)17-15-8-4-2-6-13(15)10-11-14-7-3-5-9-16(14)17/h2-9H,1H3. The molecular weight excluding hydrogens is 222 g/mol. The number of hydrogen-bond donors (Lipinski definition) is 0. The van der Waals surface area contributed by atoms with Crippen LogP contribution in [-0.4, -0.2) is 5.91 Å². The molecule has 0 N–H and O–H groups in total. The molecule has 0 fully saturated rings. The van der Waals surface area contributed by atoms with Crippen LogP contribution < -0.4 is 4.90 Å². The first-order valence-corrected chi connectivity index (χ1v) is 5.78. The van der Waals surface area contributed by atoms with E-state index in [1.54, 1.807) is 11.8 Å². The van der Waals surface area contributed by atoms with Crippen LogP contribution in [0.2, 0.25) is 0 Å². The van der Waals surface area contributed by atoms with Crippen molar-refractivity contribution in [2.24, 2.45) is 0 Å². The number of para-hydroxylation sites is 2. The zero-order valence-electron chi connectivity index (χ0n) is 9.97. The van der Waals surface area contributed by atoms with Gasteiger partial charge in [0.1, 0.15) is 0 Å². The SMILES string of the molecule is CC(=O)N1c2ccccc2C#Cc2ccccc21. The number of amides is 1. The first-order valence-electron chi connectivity index (χ1n) is 5.78. The van der Waals surface area contributed by atoms with Crippen LogP contribution in [0.5, 0.6) is 0 Å². The highest BCUT2D eigenvalue weighted by molar-refractivity contribution is 6.02. The molecule has 1 aliphatic heterocycles. The predicted octanol–water partition coefficient (Wildman–Crippen LogP) is 3.08. The van der Waals surface area contributed by atoms with Crippen molar-refractivity contribution in [3.8, 4) is 11.8 Å². The van der Waals surface area contributed by atoms with E-state index >= 15 is 0 Å². The first-order chi connectivity index (χ1) is 8.77. The van der Waals surface area contributed by atoms with E-state index in [4.69, 9.17) is 0 Å². The van der Waals surface area contributed by atoms with Crippen LogP contribution in [0.3, 0.4) is 0 Å². The number of carbonyl (C=O) groups is 1. The average Bonchev–Trinajstić information content (AvgIpc) is 2.55. The maximum atomic E-state index is 11.9. The van der Waals surface area contributed by atoms with Gasteiger partial charge >= 0.3 is 0 Å². The third-order valence-electron chi connectivity index (χ3n) is 2.94. The highest BCUT2D eigenvalue weighted by Crippen LogP contribution is 2.32. The molecule has 0 radical (unpaired) electrons. The minimum atomic E-state index is -0.0135. The molecule has 2 heteroatoms. The summed E-state index contributed by atoms with van der Waals surface area (Å²) in [7, 11) is 0. The third kappa shape index (κ3) is 1.57. The van der Waals surface area contributed by atoms with Gasteiger partial charge in [-0.25, -0.2) is 0 Å². The predicted molar refractivity (Wildman–Crippen MR) is 71.7 cm³/mol. The molecule has 2 aromatic carbocycles. The molecule has 1 heterocycles. The lowest BCUT2D eigenvalue weighted by Gasteiger charge is -2.22. The Morgan fingerprint density at radius 1 is 0.889 bits per heavy atom. The average molecular weight is 233 g/mol. The molecule has 18 heavy (non-hydrogen) atoms. The number of carbonyl (C=O) groups excluding carboxylic acids is 1. The van der Waals surface area contributed by atoms with Gasteiger partial charge in [-0.3, -0.25) is 9.69 Å². The van der Waals surface area contributed by atoms with Gasteiger partial charge in [-0.15, -0.1) is 0 Å². The zero-order chi connectivity index (χ0) is 12.5. The van der Waals surface area contributed by atoms with Gasteiger partial charge in [0.2, 0.25) is 5.91 Å². The maximum Gasteiger partial charge on any atom is 0.228 e. The summed E-state index contributed by atoms with van der Waals surface area (Å²) in [5.41, 5.74) is 3.46. The van der Waals surface area contributed by atoms with Crippen molar-refractivity contribution in [2.45, 2.75) is 6.92 Å². The van der Waals surface area contributed by atoms with Crippen molar-refractivity contribution in [1.82, 2.24) is 0 Å². The second-order valence-electron chi connectivity index (χ2n) is 4.14. The Bertz CT molecular complexity index is 640. The molecule has 0 saturated heterocycles. The lowest BCUT2D eigenvalue weighted by Crippen LogP contribution is -2.23. The minimum absolute atomic E-state index is 0.0135. The van der Waals surface area contributed by atoms with Gasteiger partial charge in [-0.2, -0.15) is 0 Å². The number of hydrogen-bond acceptors (Lipinski definition) is 1. The maximum absolute atomic E-state index is 11.9. The summed E-state index contributed by atoms with van der Waals surface area (Å²) in [5, 5.41) is 0. The Morgan fingerprint density at radius 3 is 1.78 bits per heavy atom. The summed E-state index contributed by atoms with van der Waals surface area (Å²) in [4.78, 5) is 13.7. The Hall–Kier alpha value is -2.53. The number of rotatable bonds is 0. The molecule has 0 atom stereocenters. The Labute approximate surface area is 106 Å². The number of fused-ring (bicyclic) bond motifs is 2. The van der Waals surface area contributed by atoms with Crippen molar-refractivity contribution in [3.05, 3.63) is 59.7 Å². The third-order valence-corrected chi connectivity index (χ3v) is 2.94. The van der Waals surface area contributed by atoms with Crippen molar-refractivity contribution < 1.29 is 4.79 Å². The fourth-order valence-corrected chi connectivity index (χ4v) is 2.15. The summed E-state index contributed by atoms with van der Waals surface area (Å²) in [6.07, 6.45) is 0. The molecule has 2 aromatic rings. The van der Waals surface area contributed by atoms with Crippen LogP contribution in [0.25, 0.3) is 0 Å². The minimum Gasteiger partial charge on any atom is -0.279 e. The van der Waals surface area contributed by atoms with Crippen molar-refractivity contribution in [3.63, 3.8) is 0 Å². The topological polar surface area (TPSA) is 20.3 Å². The van der Waals surface area contributed by atoms with Crippen molar-refractivity contribution in [2.75, 3.05) is 4.90 Å². The van der Waals surface area contributed by atoms with Gasteiger partial charge in [0.25, 0.3) is 0 Å². The van der Waals surface area contributed by atoms with E-state index in [2.05, 4.69) is 11.8 Å². The van der Waals surface area contributed by atoms with Gasteiger partial charge in [-0.1, -0.05) is 36.1 Å². The molecule has 0 aliphatic carbocycles. The second kappa shape index (κ2) is 4.05. The molecule has 2 nitrogen and oxygen atoms in total. The molecule has 0 aromatic heterocycles. The van der Waals surface area contributed by atoms with E-state index < -0.39 is 0 Å². The molecule has 0 bridgehead atoms. The highest BCUT2D eigenvalue weighted by atomic mass is 16.2. The van der Waals surface area contributed by atoms with E-state index in [1.165, 1.54) is 0 Å². The van der Waals surface area contributed by atoms with E-state index in [1.807, 2.05) is 48.5 Å². The highest BCUT2D eigenvalue weighted by Gasteiger charge is 2.20. The molecule has 3 rings (SSSR count). The van der Waals surface area contributed by atoms with Crippen LogP contribution in [0.1, 0.15) is 18.1 Å². The van der Waals surface area contributed by atoms with Crippen LogP contribution in [-0.2, 0) is 4.79 Å². The van der Waals surface area contributed by atoms with Crippen LogP contribution in [0.4, 0.5) is 11.4 Å². The summed E-state index contributed by atoms with van der Waals surface area (Å²) in [5.74, 6) is 6.23. The van der Waals surface area contributed by atoms with Gasteiger partial charge in [0.05, 0.1) is 11.4 Å². The van der Waals surface area contributed by atoms with Gasteiger partial charge < -0.3 is 0 Å². The Morgan fingerprint density at radius 2 is 1.33 bits per heavy atom. The summed E-state index contributed by atoms with van der Waals surface area (Å²) < 4.78 is 0. The number of anilines is 2. The summed E-state index contributed by atoms with van der Waals surface area (Å²) in [6, 6.07) is 15.4. The molecule has 86 valence electrons. The van der Waals surface area contributed by atoms with Gasteiger partial charge in [0.15, 0.2) is 0 Å². The van der Waals surface area contributed by atoms with Gasteiger partial charge in [0, 0.05) is 18.1 Å². The Kier molecular flexibility index (Phi) is 2.39. The molecule has 0 unspecified atom stereocenters. The lowest BCUT2D eigenvalue weighted by atomic mass is 10.1. The first kappa shape index (κ1) is 10.6. The number of benzene rings is 2. The lowest BCUT2D eigenvalue weighted by molar-refractivity contribution is -0.115. The summed E-state index contributed by atoms with van der Waals surface area (Å²) >= 11 is 0. The van der Waals surface area contributed by atoms with Crippen LogP contribution in [0, 0.1) is 11.8 Å². The fraction of sp³-hybridized carbons (Fsp3) is 0.0625. The molecular formula is C16H11NO. The van der Waals surface area contributed by atoms with Gasteiger partial charge in [-0.05, 0) is 24.3 Å². The monoisotopic (exact) mass is 233 g/mol. The van der Waals surface area contributed by atoms with E-state index in [0.29, 0.717) is 0 Å². The van der Waals surface area contributed by atoms with E-state index in [9.17, 15) is 4.79 Å². The van der Waals surface area contributed by atoms with Crippen molar-refractivity contribution in [1.29, 1.82) is 0 Å². The largest absolute Gasteiger partial charge is 0.279 e. The van der Waals surface area contributed by atoms with Crippen molar-refractivity contribution >= 4 is 17.3 Å².